The van der Waals surface area contributed by atoms with Gasteiger partial charge in [-0.1, -0.05) is 0 Å². The quantitative estimate of drug-likeness (QED) is 0.623. The molecule has 162 valence electrons. The number of fused-ring (bicyclic) bond motifs is 3. The third-order valence-electron chi connectivity index (χ3n) is 5.31. The zero-order chi connectivity index (χ0) is 22.4. The molecule has 0 radical (unpaired) electrons. The van der Waals surface area contributed by atoms with E-state index in [-0.39, 0.29) is 29.5 Å². The monoisotopic (exact) mass is 438 g/mol. The number of aromatic amines is 1. The van der Waals surface area contributed by atoms with Crippen molar-refractivity contribution >= 4 is 16.7 Å². The number of carbonyl (C=O) groups is 1. The SMILES string of the molecule is CN(C(=O)c1ccc(C(F)F)c(F)c1)C1COCc2[nH]c(=O)c3cc(F)c(F)cc3c21. The van der Waals surface area contributed by atoms with Crippen molar-refractivity contribution < 1.29 is 31.5 Å². The second kappa shape index (κ2) is 7.77. The van der Waals surface area contributed by atoms with Gasteiger partial charge in [0.2, 0.25) is 0 Å². The molecule has 0 fully saturated rings. The van der Waals surface area contributed by atoms with Gasteiger partial charge in [-0.05, 0) is 35.7 Å². The van der Waals surface area contributed by atoms with Gasteiger partial charge in [0.05, 0.1) is 30.2 Å². The van der Waals surface area contributed by atoms with Gasteiger partial charge in [-0.25, -0.2) is 22.0 Å². The van der Waals surface area contributed by atoms with Crippen LogP contribution in [0.25, 0.3) is 10.8 Å². The Morgan fingerprint density at radius 2 is 1.77 bits per heavy atom. The molecule has 31 heavy (non-hydrogen) atoms. The Kier molecular flexibility index (Phi) is 5.26. The van der Waals surface area contributed by atoms with Crippen LogP contribution in [-0.2, 0) is 11.3 Å². The molecule has 4 rings (SSSR count). The number of alkyl halides is 2. The fourth-order valence-electron chi connectivity index (χ4n) is 3.73. The second-order valence-electron chi connectivity index (χ2n) is 7.14. The van der Waals surface area contributed by atoms with Crippen molar-refractivity contribution in [3.63, 3.8) is 0 Å². The van der Waals surface area contributed by atoms with E-state index in [0.717, 1.165) is 24.3 Å². The molecular formula is C21H15F5N2O3. The molecule has 5 nitrogen and oxygen atoms in total. The van der Waals surface area contributed by atoms with Crippen LogP contribution in [0.2, 0.25) is 0 Å². The van der Waals surface area contributed by atoms with E-state index in [9.17, 15) is 31.5 Å². The minimum atomic E-state index is -3.03. The summed E-state index contributed by atoms with van der Waals surface area (Å²) in [5.74, 6) is -4.28. The average molecular weight is 438 g/mol. The first-order chi connectivity index (χ1) is 14.7. The van der Waals surface area contributed by atoms with Crippen LogP contribution in [0, 0.1) is 17.5 Å². The smallest absolute Gasteiger partial charge is 0.266 e. The van der Waals surface area contributed by atoms with Crippen LogP contribution in [0.4, 0.5) is 22.0 Å². The molecule has 1 unspecified atom stereocenters. The first-order valence-corrected chi connectivity index (χ1v) is 9.15. The highest BCUT2D eigenvalue weighted by Gasteiger charge is 2.32. The Hall–Kier alpha value is -3.27. The van der Waals surface area contributed by atoms with Crippen LogP contribution in [0.1, 0.15) is 39.6 Å². The van der Waals surface area contributed by atoms with E-state index in [4.69, 9.17) is 4.74 Å². The molecule has 0 saturated carbocycles. The lowest BCUT2D eigenvalue weighted by Gasteiger charge is -2.34. The number of benzene rings is 2. The zero-order valence-electron chi connectivity index (χ0n) is 16.0. The standard InChI is InChI=1S/C21H15F5N2O3/c1-28(21(30)9-2-3-10(19(25)26)13(22)4-9)17-8-31-7-16-18(17)11-5-14(23)15(24)6-12(11)20(29)27-16/h2-6,17,19H,7-8H2,1H3,(H,27,29). The predicted molar refractivity (Wildman–Crippen MR) is 100 cm³/mol. The minimum Gasteiger partial charge on any atom is -0.373 e. The summed E-state index contributed by atoms with van der Waals surface area (Å²) in [6, 6.07) is 3.44. The highest BCUT2D eigenvalue weighted by atomic mass is 19.3. The summed E-state index contributed by atoms with van der Waals surface area (Å²) in [5.41, 5.74) is -0.997. The number of ether oxygens (including phenoxy) is 1. The maximum absolute atomic E-state index is 13.9. The Balaban J connectivity index is 1.79. The number of amides is 1. The summed E-state index contributed by atoms with van der Waals surface area (Å²) in [6.45, 7) is -0.0528. The van der Waals surface area contributed by atoms with Gasteiger partial charge < -0.3 is 14.6 Å². The van der Waals surface area contributed by atoms with Gasteiger partial charge >= 0.3 is 0 Å². The van der Waals surface area contributed by atoms with Crippen LogP contribution < -0.4 is 5.56 Å². The molecule has 0 aliphatic carbocycles. The maximum atomic E-state index is 13.9. The lowest BCUT2D eigenvalue weighted by Crippen LogP contribution is -2.37. The molecule has 3 aromatic rings. The molecule has 0 saturated heterocycles. The maximum Gasteiger partial charge on any atom is 0.266 e. The molecule has 1 aliphatic rings. The van der Waals surface area contributed by atoms with Gasteiger partial charge in [0, 0.05) is 23.9 Å². The largest absolute Gasteiger partial charge is 0.373 e. The zero-order valence-corrected chi connectivity index (χ0v) is 16.0. The number of rotatable bonds is 3. The van der Waals surface area contributed by atoms with Gasteiger partial charge in [0.1, 0.15) is 5.82 Å². The summed E-state index contributed by atoms with van der Waals surface area (Å²) >= 11 is 0. The second-order valence-corrected chi connectivity index (χ2v) is 7.14. The number of hydrogen-bond acceptors (Lipinski definition) is 3. The van der Waals surface area contributed by atoms with Gasteiger partial charge in [-0.15, -0.1) is 0 Å². The summed E-state index contributed by atoms with van der Waals surface area (Å²) in [6.07, 6.45) is -3.03. The summed E-state index contributed by atoms with van der Waals surface area (Å²) in [4.78, 5) is 28.9. The van der Waals surface area contributed by atoms with E-state index in [0.29, 0.717) is 17.3 Å². The number of nitrogens with one attached hydrogen (secondary N) is 1. The minimum absolute atomic E-state index is 0.0181. The number of hydrogen-bond donors (Lipinski definition) is 1. The van der Waals surface area contributed by atoms with Crippen molar-refractivity contribution in [2.24, 2.45) is 0 Å². The fourth-order valence-corrected chi connectivity index (χ4v) is 3.73. The van der Waals surface area contributed by atoms with Gasteiger partial charge in [-0.2, -0.15) is 0 Å². The Bertz CT molecular complexity index is 1260. The van der Waals surface area contributed by atoms with E-state index >= 15 is 0 Å². The summed E-state index contributed by atoms with van der Waals surface area (Å²) < 4.78 is 72.6. The fraction of sp³-hybridized carbons (Fsp3) is 0.238. The Labute approximate surface area is 172 Å². The van der Waals surface area contributed by atoms with Crippen LogP contribution in [-0.4, -0.2) is 29.4 Å². The highest BCUT2D eigenvalue weighted by molar-refractivity contribution is 5.95. The lowest BCUT2D eigenvalue weighted by molar-refractivity contribution is 0.0335. The normalized spacial score (nSPS) is 15.9. The highest BCUT2D eigenvalue weighted by Crippen LogP contribution is 2.34. The van der Waals surface area contributed by atoms with E-state index < -0.39 is 46.9 Å². The van der Waals surface area contributed by atoms with Crippen LogP contribution in [0.3, 0.4) is 0 Å². The molecular weight excluding hydrogens is 423 g/mol. The van der Waals surface area contributed by atoms with Crippen LogP contribution in [0.15, 0.2) is 35.1 Å². The molecule has 1 aliphatic heterocycles. The molecule has 1 N–H and O–H groups in total. The van der Waals surface area contributed by atoms with E-state index in [1.54, 1.807) is 0 Å². The molecule has 0 bridgehead atoms. The van der Waals surface area contributed by atoms with Crippen molar-refractivity contribution in [1.29, 1.82) is 0 Å². The van der Waals surface area contributed by atoms with Crippen LogP contribution >= 0.6 is 0 Å². The molecule has 1 atom stereocenters. The number of likely N-dealkylation sites (N-methyl/N-ethyl adjacent to an activating group) is 1. The summed E-state index contributed by atoms with van der Waals surface area (Å²) in [5, 5.41) is 0.0163. The van der Waals surface area contributed by atoms with Crippen molar-refractivity contribution in [2.75, 3.05) is 13.7 Å². The number of H-pyrrole nitrogens is 1. The molecule has 2 aromatic carbocycles. The Morgan fingerprint density at radius 3 is 2.42 bits per heavy atom. The average Bonchev–Trinajstić information content (AvgIpc) is 2.73. The first kappa shape index (κ1) is 21.0. The lowest BCUT2D eigenvalue weighted by atomic mass is 9.95. The first-order valence-electron chi connectivity index (χ1n) is 9.15. The predicted octanol–water partition coefficient (Wildman–Crippen LogP) is 4.23. The number of carbonyl (C=O) groups excluding carboxylic acids is 1. The van der Waals surface area contributed by atoms with Crippen molar-refractivity contribution in [1.82, 2.24) is 9.88 Å². The van der Waals surface area contributed by atoms with Gasteiger partial charge in [0.25, 0.3) is 17.9 Å². The van der Waals surface area contributed by atoms with Gasteiger partial charge in [-0.3, -0.25) is 9.59 Å². The molecule has 10 heteroatoms. The third-order valence-corrected chi connectivity index (χ3v) is 5.31. The molecule has 2 heterocycles. The van der Waals surface area contributed by atoms with E-state index in [1.165, 1.54) is 11.9 Å². The number of aromatic nitrogens is 1. The van der Waals surface area contributed by atoms with Crippen molar-refractivity contribution in [3.05, 3.63) is 80.5 Å². The molecule has 1 aromatic heterocycles. The topological polar surface area (TPSA) is 62.4 Å². The third kappa shape index (κ3) is 3.56. The number of nitrogens with zero attached hydrogens (tertiary/aromatic N) is 1. The van der Waals surface area contributed by atoms with E-state index in [2.05, 4.69) is 4.98 Å². The van der Waals surface area contributed by atoms with E-state index in [1.807, 2.05) is 0 Å². The molecule has 0 spiro atoms. The van der Waals surface area contributed by atoms with Crippen LogP contribution in [0.5, 0.6) is 0 Å². The molecule has 1 amide bonds. The summed E-state index contributed by atoms with van der Waals surface area (Å²) in [7, 11) is 1.38. The van der Waals surface area contributed by atoms with Crippen molar-refractivity contribution in [3.8, 4) is 0 Å². The number of halogens is 5. The number of pyridine rings is 1. The van der Waals surface area contributed by atoms with Gasteiger partial charge in [0.15, 0.2) is 11.6 Å². The Morgan fingerprint density at radius 1 is 1.10 bits per heavy atom. The van der Waals surface area contributed by atoms with Crippen molar-refractivity contribution in [2.45, 2.75) is 19.1 Å².